The highest BCUT2D eigenvalue weighted by molar-refractivity contribution is 6.35. The molecule has 4 nitrogen and oxygen atoms in total. The van der Waals surface area contributed by atoms with Crippen molar-refractivity contribution >= 4 is 28.9 Å². The quantitative estimate of drug-likeness (QED) is 0.732. The second kappa shape index (κ2) is 6.38. The number of benzene rings is 2. The molecular weight excluding hydrogens is 321 g/mol. The number of aryl methyl sites for hydroxylation is 1. The molecule has 22 heavy (non-hydrogen) atoms. The number of hydrogen-bond donors (Lipinski definition) is 1. The van der Waals surface area contributed by atoms with Crippen LogP contribution in [0.5, 0.6) is 0 Å². The first-order valence-corrected chi connectivity index (χ1v) is 7.45. The van der Waals surface area contributed by atoms with Crippen molar-refractivity contribution in [2.75, 3.05) is 5.32 Å². The van der Waals surface area contributed by atoms with E-state index in [2.05, 4.69) is 15.5 Å². The first kappa shape index (κ1) is 14.9. The molecule has 6 heteroatoms. The Balaban J connectivity index is 1.70. The lowest BCUT2D eigenvalue weighted by Gasteiger charge is -2.04. The first-order valence-electron chi connectivity index (χ1n) is 6.69. The average molecular weight is 334 g/mol. The van der Waals surface area contributed by atoms with Gasteiger partial charge in [-0.15, -0.1) is 10.2 Å². The van der Waals surface area contributed by atoms with Gasteiger partial charge in [0.1, 0.15) is 0 Å². The van der Waals surface area contributed by atoms with Crippen LogP contribution in [0, 0.1) is 6.92 Å². The summed E-state index contributed by atoms with van der Waals surface area (Å²) >= 11 is 11.9. The maximum absolute atomic E-state index is 5.95. The number of anilines is 1. The Labute approximate surface area is 138 Å². The molecule has 112 valence electrons. The molecule has 0 spiro atoms. The molecule has 3 aromatic rings. The standard InChI is InChI=1S/C16H13Cl2N3O/c1-10-2-4-11(5-3-10)16-21-20-15(22-16)9-19-14-7-12(17)6-13(18)8-14/h2-8,19H,9H2,1H3. The molecule has 0 aliphatic heterocycles. The number of nitrogens with zero attached hydrogens (tertiary/aromatic N) is 2. The number of nitrogens with one attached hydrogen (secondary N) is 1. The minimum Gasteiger partial charge on any atom is -0.419 e. The van der Waals surface area contributed by atoms with Gasteiger partial charge in [-0.05, 0) is 37.3 Å². The van der Waals surface area contributed by atoms with E-state index in [1.165, 1.54) is 5.56 Å². The number of hydrogen-bond acceptors (Lipinski definition) is 4. The first-order chi connectivity index (χ1) is 10.6. The molecule has 0 saturated heterocycles. The van der Waals surface area contributed by atoms with Crippen molar-refractivity contribution in [1.29, 1.82) is 0 Å². The van der Waals surface area contributed by atoms with Crippen molar-refractivity contribution in [3.8, 4) is 11.5 Å². The summed E-state index contributed by atoms with van der Waals surface area (Å²) < 4.78 is 5.64. The van der Waals surface area contributed by atoms with Gasteiger partial charge < -0.3 is 9.73 Å². The summed E-state index contributed by atoms with van der Waals surface area (Å²) in [5.41, 5.74) is 2.88. The summed E-state index contributed by atoms with van der Waals surface area (Å²) in [6.07, 6.45) is 0. The van der Waals surface area contributed by atoms with Gasteiger partial charge in [-0.2, -0.15) is 0 Å². The number of rotatable bonds is 4. The van der Waals surface area contributed by atoms with Gasteiger partial charge in [0.25, 0.3) is 0 Å². The van der Waals surface area contributed by atoms with Crippen LogP contribution >= 0.6 is 23.2 Å². The summed E-state index contributed by atoms with van der Waals surface area (Å²) in [7, 11) is 0. The smallest absolute Gasteiger partial charge is 0.247 e. The van der Waals surface area contributed by atoms with Gasteiger partial charge in [-0.3, -0.25) is 0 Å². The molecule has 1 heterocycles. The van der Waals surface area contributed by atoms with E-state index in [9.17, 15) is 0 Å². The third-order valence-corrected chi connectivity index (χ3v) is 3.51. The Bertz CT molecular complexity index is 764. The van der Waals surface area contributed by atoms with E-state index in [4.69, 9.17) is 27.6 Å². The normalized spacial score (nSPS) is 10.7. The molecule has 0 unspecified atom stereocenters. The Hall–Kier alpha value is -2.04. The second-order valence-electron chi connectivity index (χ2n) is 4.88. The van der Waals surface area contributed by atoms with Gasteiger partial charge in [0.05, 0.1) is 6.54 Å². The van der Waals surface area contributed by atoms with Crippen LogP contribution in [0.1, 0.15) is 11.5 Å². The van der Waals surface area contributed by atoms with Crippen LogP contribution in [0.15, 0.2) is 46.9 Å². The Morgan fingerprint density at radius 3 is 2.36 bits per heavy atom. The average Bonchev–Trinajstić information content (AvgIpc) is 2.94. The van der Waals surface area contributed by atoms with E-state index in [-0.39, 0.29) is 0 Å². The van der Waals surface area contributed by atoms with Gasteiger partial charge in [-0.25, -0.2) is 0 Å². The zero-order valence-electron chi connectivity index (χ0n) is 11.8. The SMILES string of the molecule is Cc1ccc(-c2nnc(CNc3cc(Cl)cc(Cl)c3)o2)cc1. The highest BCUT2D eigenvalue weighted by Crippen LogP contribution is 2.23. The van der Waals surface area contributed by atoms with Crippen molar-refractivity contribution in [3.63, 3.8) is 0 Å². The van der Waals surface area contributed by atoms with Crippen molar-refractivity contribution in [2.24, 2.45) is 0 Å². The fraction of sp³-hybridized carbons (Fsp3) is 0.125. The third kappa shape index (κ3) is 3.59. The molecule has 1 aromatic heterocycles. The maximum Gasteiger partial charge on any atom is 0.247 e. The largest absolute Gasteiger partial charge is 0.419 e. The van der Waals surface area contributed by atoms with Crippen LogP contribution in [0.4, 0.5) is 5.69 Å². The predicted molar refractivity (Wildman–Crippen MR) is 88.3 cm³/mol. The summed E-state index contributed by atoms with van der Waals surface area (Å²) in [4.78, 5) is 0. The molecule has 0 bridgehead atoms. The summed E-state index contributed by atoms with van der Waals surface area (Å²) in [6, 6.07) is 13.2. The van der Waals surface area contributed by atoms with E-state index in [0.29, 0.717) is 28.4 Å². The molecule has 2 aromatic carbocycles. The fourth-order valence-corrected chi connectivity index (χ4v) is 2.50. The van der Waals surface area contributed by atoms with Crippen LogP contribution < -0.4 is 5.32 Å². The van der Waals surface area contributed by atoms with E-state index < -0.39 is 0 Å². The minimum atomic E-state index is 0.398. The fourth-order valence-electron chi connectivity index (χ4n) is 1.97. The van der Waals surface area contributed by atoms with E-state index in [0.717, 1.165) is 11.3 Å². The van der Waals surface area contributed by atoms with Gasteiger partial charge in [0.15, 0.2) is 0 Å². The number of halogens is 2. The molecule has 3 rings (SSSR count). The Morgan fingerprint density at radius 1 is 1.00 bits per heavy atom. The maximum atomic E-state index is 5.95. The Kier molecular flexibility index (Phi) is 4.32. The number of aromatic nitrogens is 2. The van der Waals surface area contributed by atoms with Gasteiger partial charge in [-0.1, -0.05) is 40.9 Å². The lowest BCUT2D eigenvalue weighted by atomic mass is 10.1. The highest BCUT2D eigenvalue weighted by atomic mass is 35.5. The molecule has 0 saturated carbocycles. The van der Waals surface area contributed by atoms with Crippen LogP contribution in [-0.2, 0) is 6.54 Å². The zero-order valence-corrected chi connectivity index (χ0v) is 13.3. The summed E-state index contributed by atoms with van der Waals surface area (Å²) in [5.74, 6) is 0.993. The van der Waals surface area contributed by atoms with Crippen LogP contribution in [-0.4, -0.2) is 10.2 Å². The summed E-state index contributed by atoms with van der Waals surface area (Å²) in [6.45, 7) is 2.43. The van der Waals surface area contributed by atoms with Gasteiger partial charge >= 0.3 is 0 Å². The van der Waals surface area contributed by atoms with Crippen molar-refractivity contribution in [2.45, 2.75) is 13.5 Å². The molecule has 0 fully saturated rings. The van der Waals surface area contributed by atoms with Crippen molar-refractivity contribution < 1.29 is 4.42 Å². The van der Waals surface area contributed by atoms with Crippen LogP contribution in [0.3, 0.4) is 0 Å². The van der Waals surface area contributed by atoms with Crippen molar-refractivity contribution in [1.82, 2.24) is 10.2 Å². The Morgan fingerprint density at radius 2 is 1.68 bits per heavy atom. The molecule has 0 radical (unpaired) electrons. The molecule has 1 N–H and O–H groups in total. The predicted octanol–water partition coefficient (Wildman–Crippen LogP) is 4.96. The highest BCUT2D eigenvalue weighted by Gasteiger charge is 2.08. The van der Waals surface area contributed by atoms with Gasteiger partial charge in [0.2, 0.25) is 11.8 Å². The minimum absolute atomic E-state index is 0.398. The monoisotopic (exact) mass is 333 g/mol. The second-order valence-corrected chi connectivity index (χ2v) is 5.75. The molecule has 0 amide bonds. The molecule has 0 aliphatic carbocycles. The molecular formula is C16H13Cl2N3O. The topological polar surface area (TPSA) is 51.0 Å². The van der Waals surface area contributed by atoms with E-state index >= 15 is 0 Å². The zero-order chi connectivity index (χ0) is 15.5. The summed E-state index contributed by atoms with van der Waals surface area (Å²) in [5, 5.41) is 12.4. The van der Waals surface area contributed by atoms with Crippen molar-refractivity contribution in [3.05, 3.63) is 64.0 Å². The van der Waals surface area contributed by atoms with Gasteiger partial charge in [0, 0.05) is 21.3 Å². The van der Waals surface area contributed by atoms with E-state index in [1.54, 1.807) is 18.2 Å². The molecule has 0 aliphatic rings. The third-order valence-electron chi connectivity index (χ3n) is 3.07. The molecule has 0 atom stereocenters. The van der Waals surface area contributed by atoms with Crippen LogP contribution in [0.2, 0.25) is 10.0 Å². The lowest BCUT2D eigenvalue weighted by molar-refractivity contribution is 0.515. The van der Waals surface area contributed by atoms with E-state index in [1.807, 2.05) is 31.2 Å². The van der Waals surface area contributed by atoms with Crippen LogP contribution in [0.25, 0.3) is 11.5 Å². The lowest BCUT2D eigenvalue weighted by Crippen LogP contribution is -1.99.